The van der Waals surface area contributed by atoms with Crippen molar-refractivity contribution in [3.63, 3.8) is 0 Å². The highest BCUT2D eigenvalue weighted by Crippen LogP contribution is 2.55. The second-order valence-electron chi connectivity index (χ2n) is 10.7. The summed E-state index contributed by atoms with van der Waals surface area (Å²) in [5, 5.41) is 11.5. The highest BCUT2D eigenvalue weighted by molar-refractivity contribution is 5.76. The predicted octanol–water partition coefficient (Wildman–Crippen LogP) is 0.255. The van der Waals surface area contributed by atoms with E-state index in [1.807, 2.05) is 0 Å². The Balaban J connectivity index is 1.24. The number of esters is 1. The molecule has 5 rings (SSSR count). The number of carbonyl (C=O) groups excluding carboxylic acids is 1. The quantitative estimate of drug-likeness (QED) is 0.478. The lowest BCUT2D eigenvalue weighted by Gasteiger charge is -2.51. The number of fused-ring (bicyclic) bond motifs is 2. The van der Waals surface area contributed by atoms with Gasteiger partial charge in [-0.25, -0.2) is 0 Å². The van der Waals surface area contributed by atoms with E-state index in [2.05, 4.69) is 50.3 Å². The van der Waals surface area contributed by atoms with Gasteiger partial charge in [-0.15, -0.1) is 0 Å². The average Bonchev–Trinajstić information content (AvgIpc) is 3.07. The van der Waals surface area contributed by atoms with Crippen molar-refractivity contribution >= 4 is 5.97 Å². The van der Waals surface area contributed by atoms with Gasteiger partial charge in [0, 0.05) is 23.3 Å². The molecule has 5 nitrogen and oxygen atoms in total. The summed E-state index contributed by atoms with van der Waals surface area (Å²) in [6.45, 7) is 10.8. The fourth-order valence-electron chi connectivity index (χ4n) is 6.83. The number of rotatable bonds is 4. The van der Waals surface area contributed by atoms with Gasteiger partial charge in [0.2, 0.25) is 0 Å². The first kappa shape index (κ1) is 21.2. The van der Waals surface area contributed by atoms with Crippen LogP contribution < -0.4 is 9.80 Å². The summed E-state index contributed by atoms with van der Waals surface area (Å²) in [5.41, 5.74) is 2.51. The summed E-state index contributed by atoms with van der Waals surface area (Å²) < 4.78 is 5.86. The second-order valence-corrected chi connectivity index (χ2v) is 10.7. The SMILES string of the molecule is C[C@@H]1CCC=C2C[C@H]3OC(=O)[C@@H](C[NH+]4CC[NH+](Cc5ccccc5)CC4)[C@H]3[C@H](O)[C@@]21C. The van der Waals surface area contributed by atoms with E-state index < -0.39 is 6.10 Å². The zero-order valence-electron chi connectivity index (χ0n) is 19.0. The number of aliphatic hydroxyl groups excluding tert-OH is 1. The lowest BCUT2D eigenvalue weighted by atomic mass is 9.55. The third-order valence-electron chi connectivity index (χ3n) is 9.04. The predicted molar refractivity (Wildman–Crippen MR) is 118 cm³/mol. The van der Waals surface area contributed by atoms with E-state index in [1.54, 1.807) is 4.90 Å². The zero-order chi connectivity index (χ0) is 21.6. The Morgan fingerprint density at radius 1 is 1.13 bits per heavy atom. The minimum absolute atomic E-state index is 0.0580. The number of allylic oxidation sites excluding steroid dienone is 1. The van der Waals surface area contributed by atoms with Crippen LogP contribution in [-0.4, -0.2) is 56.0 Å². The maximum Gasteiger partial charge on any atom is 0.315 e. The summed E-state index contributed by atoms with van der Waals surface area (Å²) in [7, 11) is 0. The molecule has 1 aromatic carbocycles. The summed E-state index contributed by atoms with van der Waals surface area (Å²) in [4.78, 5) is 16.0. The average molecular weight is 427 g/mol. The normalized spacial score (nSPS) is 42.4. The van der Waals surface area contributed by atoms with Crippen LogP contribution in [0.3, 0.4) is 0 Å². The Hall–Kier alpha value is -1.69. The van der Waals surface area contributed by atoms with Crippen LogP contribution in [0.15, 0.2) is 42.0 Å². The molecule has 1 aromatic rings. The van der Waals surface area contributed by atoms with Crippen LogP contribution in [-0.2, 0) is 16.1 Å². The topological polar surface area (TPSA) is 55.4 Å². The molecular weight excluding hydrogens is 388 g/mol. The third kappa shape index (κ3) is 3.75. The van der Waals surface area contributed by atoms with Crippen LogP contribution in [0.4, 0.5) is 0 Å². The van der Waals surface area contributed by atoms with Crippen molar-refractivity contribution in [1.29, 1.82) is 0 Å². The van der Waals surface area contributed by atoms with Crippen LogP contribution in [0.25, 0.3) is 0 Å². The number of piperazine rings is 1. The lowest BCUT2D eigenvalue weighted by molar-refractivity contribution is -1.02. The van der Waals surface area contributed by atoms with Gasteiger partial charge in [0.05, 0.1) is 12.6 Å². The van der Waals surface area contributed by atoms with Gasteiger partial charge >= 0.3 is 5.97 Å². The molecular formula is C26H38N2O3+2. The smallest absolute Gasteiger partial charge is 0.315 e. The highest BCUT2D eigenvalue weighted by Gasteiger charge is 2.60. The van der Waals surface area contributed by atoms with Crippen molar-refractivity contribution in [1.82, 2.24) is 0 Å². The van der Waals surface area contributed by atoms with E-state index in [4.69, 9.17) is 4.74 Å². The molecule has 0 spiro atoms. The highest BCUT2D eigenvalue weighted by atomic mass is 16.6. The lowest BCUT2D eigenvalue weighted by Crippen LogP contribution is -3.27. The Kier molecular flexibility index (Phi) is 5.70. The van der Waals surface area contributed by atoms with Crippen molar-refractivity contribution in [3.05, 3.63) is 47.5 Å². The molecule has 3 fully saturated rings. The van der Waals surface area contributed by atoms with E-state index in [-0.39, 0.29) is 29.3 Å². The van der Waals surface area contributed by atoms with Crippen molar-refractivity contribution in [2.24, 2.45) is 23.2 Å². The van der Waals surface area contributed by atoms with E-state index in [9.17, 15) is 9.90 Å². The summed E-state index contributed by atoms with van der Waals surface area (Å²) in [6.07, 6.45) is 4.68. The third-order valence-corrected chi connectivity index (χ3v) is 9.04. The number of hydrogen-bond acceptors (Lipinski definition) is 3. The van der Waals surface area contributed by atoms with E-state index in [0.717, 1.165) is 58.5 Å². The number of nitrogens with one attached hydrogen (secondary N) is 2. The first-order chi connectivity index (χ1) is 15.0. The molecule has 0 radical (unpaired) electrons. The first-order valence-corrected chi connectivity index (χ1v) is 12.3. The Bertz CT molecular complexity index is 832. The largest absolute Gasteiger partial charge is 0.461 e. The molecule has 168 valence electrons. The zero-order valence-corrected chi connectivity index (χ0v) is 19.0. The molecule has 31 heavy (non-hydrogen) atoms. The van der Waals surface area contributed by atoms with Crippen LogP contribution in [0.1, 0.15) is 38.7 Å². The van der Waals surface area contributed by atoms with Gasteiger partial charge in [-0.1, -0.05) is 55.8 Å². The second kappa shape index (κ2) is 8.34. The Morgan fingerprint density at radius 3 is 2.58 bits per heavy atom. The molecule has 3 N–H and O–H groups in total. The molecule has 0 unspecified atom stereocenters. The van der Waals surface area contributed by atoms with Crippen molar-refractivity contribution in [2.45, 2.75) is 51.9 Å². The first-order valence-electron chi connectivity index (χ1n) is 12.3. The summed E-state index contributed by atoms with van der Waals surface area (Å²) >= 11 is 0. The molecule has 0 bridgehead atoms. The van der Waals surface area contributed by atoms with Gasteiger partial charge in [-0.2, -0.15) is 0 Å². The van der Waals surface area contributed by atoms with Gasteiger partial charge in [0.1, 0.15) is 44.7 Å². The fourth-order valence-corrected chi connectivity index (χ4v) is 6.83. The van der Waals surface area contributed by atoms with E-state index in [1.165, 1.54) is 16.0 Å². The molecule has 2 aliphatic heterocycles. The Labute approximate surface area is 186 Å². The number of quaternary nitrogens is 2. The summed E-state index contributed by atoms with van der Waals surface area (Å²) in [6, 6.07) is 10.7. The molecule has 0 aromatic heterocycles. The number of benzene rings is 1. The number of ether oxygens (including phenoxy) is 1. The maximum atomic E-state index is 12.9. The number of hydrogen-bond donors (Lipinski definition) is 3. The minimum atomic E-state index is -0.492. The molecule has 5 heteroatoms. The van der Waals surface area contributed by atoms with Crippen LogP contribution >= 0.6 is 0 Å². The molecule has 4 aliphatic rings. The molecule has 2 saturated heterocycles. The molecule has 1 saturated carbocycles. The van der Waals surface area contributed by atoms with Crippen molar-refractivity contribution in [3.8, 4) is 0 Å². The molecule has 2 heterocycles. The van der Waals surface area contributed by atoms with Gasteiger partial charge < -0.3 is 19.6 Å². The number of carbonyl (C=O) groups is 1. The standard InChI is InChI=1S/C26H36N2O3/c1-18-7-6-10-20-15-22-23(24(29)26(18,20)2)21(25(30)31-22)17-28-13-11-27(12-14-28)16-19-8-4-3-5-9-19/h3-5,8-10,18,21-24,29H,6-7,11-17H2,1-2H3/p+2/t18-,21+,22-,23-,24+,26-/m1/s1. The molecule has 2 aliphatic carbocycles. The van der Waals surface area contributed by atoms with Crippen molar-refractivity contribution in [2.75, 3.05) is 32.7 Å². The van der Waals surface area contributed by atoms with Gasteiger partial charge in [0.15, 0.2) is 0 Å². The van der Waals surface area contributed by atoms with Crippen LogP contribution in [0.5, 0.6) is 0 Å². The minimum Gasteiger partial charge on any atom is -0.461 e. The number of aliphatic hydroxyl groups is 1. The van der Waals surface area contributed by atoms with E-state index >= 15 is 0 Å². The van der Waals surface area contributed by atoms with Crippen LogP contribution in [0.2, 0.25) is 0 Å². The maximum absolute atomic E-state index is 12.9. The Morgan fingerprint density at radius 2 is 1.84 bits per heavy atom. The molecule has 6 atom stereocenters. The summed E-state index contributed by atoms with van der Waals surface area (Å²) in [5.74, 6) is 0.143. The molecule has 0 amide bonds. The fraction of sp³-hybridized carbons (Fsp3) is 0.654. The van der Waals surface area contributed by atoms with Crippen LogP contribution in [0, 0.1) is 23.2 Å². The van der Waals surface area contributed by atoms with Gasteiger partial charge in [-0.05, 0) is 18.8 Å². The van der Waals surface area contributed by atoms with Gasteiger partial charge in [-0.3, -0.25) is 4.79 Å². The van der Waals surface area contributed by atoms with E-state index in [0.29, 0.717) is 5.92 Å². The van der Waals surface area contributed by atoms with Crippen molar-refractivity contribution < 1.29 is 24.4 Å². The monoisotopic (exact) mass is 426 g/mol. The van der Waals surface area contributed by atoms with Gasteiger partial charge in [0.25, 0.3) is 0 Å².